The molecule has 0 aromatic heterocycles. The summed E-state index contributed by atoms with van der Waals surface area (Å²) < 4.78 is 5.27. The van der Waals surface area contributed by atoms with Gasteiger partial charge in [0.15, 0.2) is 5.17 Å². The van der Waals surface area contributed by atoms with Crippen molar-refractivity contribution in [3.05, 3.63) is 11.0 Å². The third-order valence-corrected chi connectivity index (χ3v) is 3.60. The summed E-state index contributed by atoms with van der Waals surface area (Å²) in [6, 6.07) is 0. The fourth-order valence-electron chi connectivity index (χ4n) is 1.60. The molecule has 2 aliphatic rings. The molecule has 0 spiro atoms. The first-order valence-electron chi connectivity index (χ1n) is 5.65. The van der Waals surface area contributed by atoms with Crippen molar-refractivity contribution >= 4 is 22.8 Å². The molecular formula is C11H16N2O2S. The Morgan fingerprint density at radius 3 is 2.94 bits per heavy atom. The van der Waals surface area contributed by atoms with E-state index in [-0.39, 0.29) is 5.91 Å². The zero-order chi connectivity index (χ0) is 11.4. The number of hydrogen-bond donors (Lipinski definition) is 0. The number of carbonyl (C=O) groups is 1. The first kappa shape index (κ1) is 11.7. The molecule has 2 aliphatic heterocycles. The van der Waals surface area contributed by atoms with E-state index in [1.807, 2.05) is 6.08 Å². The Labute approximate surface area is 99.7 Å². The third kappa shape index (κ3) is 2.65. The summed E-state index contributed by atoms with van der Waals surface area (Å²) in [5.41, 5.74) is 0. The van der Waals surface area contributed by atoms with Gasteiger partial charge in [-0.15, -0.1) is 0 Å². The van der Waals surface area contributed by atoms with Crippen LogP contribution in [0.4, 0.5) is 0 Å². The summed E-state index contributed by atoms with van der Waals surface area (Å²) in [5, 5.41) is 0.843. The van der Waals surface area contributed by atoms with Gasteiger partial charge in [-0.1, -0.05) is 19.4 Å². The second kappa shape index (κ2) is 5.50. The first-order chi connectivity index (χ1) is 7.81. The largest absolute Gasteiger partial charge is 0.378 e. The Balaban J connectivity index is 1.98. The highest BCUT2D eigenvalue weighted by Gasteiger charge is 2.26. The molecule has 2 heterocycles. The second-order valence-corrected chi connectivity index (χ2v) is 4.77. The second-order valence-electron chi connectivity index (χ2n) is 3.76. The van der Waals surface area contributed by atoms with E-state index in [1.54, 1.807) is 0 Å². The molecule has 1 amide bonds. The first-order valence-corrected chi connectivity index (χ1v) is 6.46. The number of morpholine rings is 1. The van der Waals surface area contributed by atoms with Gasteiger partial charge < -0.3 is 9.64 Å². The van der Waals surface area contributed by atoms with Crippen LogP contribution >= 0.6 is 11.8 Å². The van der Waals surface area contributed by atoms with E-state index in [9.17, 15) is 4.79 Å². The van der Waals surface area contributed by atoms with Crippen LogP contribution in [0.25, 0.3) is 0 Å². The van der Waals surface area contributed by atoms with Gasteiger partial charge in [0.2, 0.25) is 0 Å². The predicted octanol–water partition coefficient (Wildman–Crippen LogP) is 1.63. The number of ether oxygens (including phenoxy) is 1. The van der Waals surface area contributed by atoms with E-state index >= 15 is 0 Å². The van der Waals surface area contributed by atoms with Gasteiger partial charge in [-0.05, 0) is 18.2 Å². The van der Waals surface area contributed by atoms with E-state index in [0.717, 1.165) is 49.2 Å². The summed E-state index contributed by atoms with van der Waals surface area (Å²) in [6.45, 7) is 5.22. The number of rotatable bonds is 2. The van der Waals surface area contributed by atoms with Crippen LogP contribution in [0.3, 0.4) is 0 Å². The van der Waals surface area contributed by atoms with E-state index < -0.39 is 0 Å². The molecule has 0 radical (unpaired) electrons. The summed E-state index contributed by atoms with van der Waals surface area (Å²) in [5.74, 6) is -0.0834. The van der Waals surface area contributed by atoms with Crippen LogP contribution in [-0.2, 0) is 9.53 Å². The van der Waals surface area contributed by atoms with Gasteiger partial charge in [-0.2, -0.15) is 4.99 Å². The highest BCUT2D eigenvalue weighted by atomic mass is 32.2. The van der Waals surface area contributed by atoms with Gasteiger partial charge in [0.25, 0.3) is 5.91 Å². The molecule has 4 nitrogen and oxygen atoms in total. The number of thioether (sulfide) groups is 1. The number of amides is 1. The maximum atomic E-state index is 11.6. The van der Waals surface area contributed by atoms with Gasteiger partial charge in [0, 0.05) is 13.1 Å². The smallest absolute Gasteiger partial charge is 0.285 e. The average molecular weight is 240 g/mol. The molecular weight excluding hydrogens is 224 g/mol. The lowest BCUT2D eigenvalue weighted by Crippen LogP contribution is -2.38. The van der Waals surface area contributed by atoms with Crippen molar-refractivity contribution in [2.24, 2.45) is 4.99 Å². The quantitative estimate of drug-likeness (QED) is 0.688. The molecule has 1 saturated heterocycles. The Morgan fingerprint density at radius 1 is 1.50 bits per heavy atom. The molecule has 0 aromatic carbocycles. The van der Waals surface area contributed by atoms with Crippen molar-refractivity contribution in [3.8, 4) is 0 Å². The Hall–Kier alpha value is -0.810. The molecule has 0 N–H and O–H groups in total. The maximum absolute atomic E-state index is 11.6. The van der Waals surface area contributed by atoms with Crippen molar-refractivity contribution in [2.75, 3.05) is 26.3 Å². The molecule has 0 unspecified atom stereocenters. The topological polar surface area (TPSA) is 41.9 Å². The average Bonchev–Trinajstić information content (AvgIpc) is 2.69. The minimum Gasteiger partial charge on any atom is -0.378 e. The van der Waals surface area contributed by atoms with Gasteiger partial charge >= 0.3 is 0 Å². The maximum Gasteiger partial charge on any atom is 0.285 e. The zero-order valence-corrected chi connectivity index (χ0v) is 10.3. The predicted molar refractivity (Wildman–Crippen MR) is 65.4 cm³/mol. The van der Waals surface area contributed by atoms with Crippen molar-refractivity contribution in [1.29, 1.82) is 0 Å². The van der Waals surface area contributed by atoms with Crippen molar-refractivity contribution in [2.45, 2.75) is 19.8 Å². The van der Waals surface area contributed by atoms with Gasteiger partial charge in [-0.25, -0.2) is 0 Å². The number of allylic oxidation sites excluding steroid dienone is 1. The van der Waals surface area contributed by atoms with Crippen LogP contribution in [0.15, 0.2) is 16.0 Å². The van der Waals surface area contributed by atoms with E-state index in [0.29, 0.717) is 0 Å². The van der Waals surface area contributed by atoms with Crippen molar-refractivity contribution in [3.63, 3.8) is 0 Å². The normalized spacial score (nSPS) is 24.1. The van der Waals surface area contributed by atoms with E-state index in [4.69, 9.17) is 4.74 Å². The Morgan fingerprint density at radius 2 is 2.25 bits per heavy atom. The molecule has 5 heteroatoms. The SMILES string of the molecule is CCC/C=C1/SC(N2CCOCC2)=NC1=O. The minimum atomic E-state index is -0.0834. The van der Waals surface area contributed by atoms with Crippen LogP contribution in [0.2, 0.25) is 0 Å². The lowest BCUT2D eigenvalue weighted by atomic mass is 10.3. The number of carbonyl (C=O) groups excluding carboxylic acids is 1. The summed E-state index contributed by atoms with van der Waals surface area (Å²) in [6.07, 6.45) is 3.99. The highest BCUT2D eigenvalue weighted by molar-refractivity contribution is 8.18. The number of nitrogens with zero attached hydrogens (tertiary/aromatic N) is 2. The Kier molecular flexibility index (Phi) is 4.01. The number of unbranched alkanes of at least 4 members (excludes halogenated alkanes) is 1. The third-order valence-electron chi connectivity index (χ3n) is 2.51. The monoisotopic (exact) mass is 240 g/mol. The van der Waals surface area contributed by atoms with Crippen LogP contribution < -0.4 is 0 Å². The molecule has 0 aromatic rings. The molecule has 0 bridgehead atoms. The number of hydrogen-bond acceptors (Lipinski definition) is 4. The van der Waals surface area contributed by atoms with Gasteiger partial charge in [0.1, 0.15) is 0 Å². The van der Waals surface area contributed by atoms with Crippen LogP contribution in [-0.4, -0.2) is 42.3 Å². The molecule has 0 atom stereocenters. The lowest BCUT2D eigenvalue weighted by Gasteiger charge is -2.27. The minimum absolute atomic E-state index is 0.0834. The molecule has 16 heavy (non-hydrogen) atoms. The van der Waals surface area contributed by atoms with Gasteiger partial charge in [0.05, 0.1) is 18.1 Å². The van der Waals surface area contributed by atoms with Crippen LogP contribution in [0.5, 0.6) is 0 Å². The highest BCUT2D eigenvalue weighted by Crippen LogP contribution is 2.29. The van der Waals surface area contributed by atoms with Crippen LogP contribution in [0.1, 0.15) is 19.8 Å². The zero-order valence-electron chi connectivity index (χ0n) is 9.44. The molecule has 2 rings (SSSR count). The van der Waals surface area contributed by atoms with Crippen molar-refractivity contribution < 1.29 is 9.53 Å². The van der Waals surface area contributed by atoms with E-state index in [2.05, 4.69) is 16.8 Å². The number of aliphatic imine (C=N–C) groups is 1. The fraction of sp³-hybridized carbons (Fsp3) is 0.636. The molecule has 0 aliphatic carbocycles. The molecule has 88 valence electrons. The fourth-order valence-corrected chi connectivity index (χ4v) is 2.57. The van der Waals surface area contributed by atoms with Crippen molar-refractivity contribution in [1.82, 2.24) is 4.90 Å². The summed E-state index contributed by atoms with van der Waals surface area (Å²) >= 11 is 1.50. The summed E-state index contributed by atoms with van der Waals surface area (Å²) in [7, 11) is 0. The van der Waals surface area contributed by atoms with E-state index in [1.165, 1.54) is 11.8 Å². The number of amidine groups is 1. The molecule has 1 fully saturated rings. The van der Waals surface area contributed by atoms with Gasteiger partial charge in [-0.3, -0.25) is 4.79 Å². The standard InChI is InChI=1S/C11H16N2O2S/c1-2-3-4-9-10(14)12-11(16-9)13-5-7-15-8-6-13/h4H,2-3,5-8H2,1H3/b9-4+. The molecule has 0 saturated carbocycles. The summed E-state index contributed by atoms with van der Waals surface area (Å²) in [4.78, 5) is 18.6. The Bertz CT molecular complexity index is 333. The lowest BCUT2D eigenvalue weighted by molar-refractivity contribution is -0.113. The van der Waals surface area contributed by atoms with Crippen LogP contribution in [0, 0.1) is 0 Å².